The van der Waals surface area contributed by atoms with Gasteiger partial charge in [-0.2, -0.15) is 0 Å². The molecule has 7 nitrogen and oxygen atoms in total. The van der Waals surface area contributed by atoms with Crippen LogP contribution >= 0.6 is 0 Å². The van der Waals surface area contributed by atoms with E-state index in [1.54, 1.807) is 43.6 Å². The Hall–Kier alpha value is -3.87. The topological polar surface area (TPSA) is 92.3 Å². The van der Waals surface area contributed by atoms with Crippen LogP contribution in [0.4, 0.5) is 11.5 Å². The monoisotopic (exact) mass is 404 g/mol. The molecule has 2 amide bonds. The molecule has 0 atom stereocenters. The summed E-state index contributed by atoms with van der Waals surface area (Å²) < 4.78 is 5.44. The highest BCUT2D eigenvalue weighted by atomic mass is 16.5. The molecule has 2 aromatic carbocycles. The van der Waals surface area contributed by atoms with Crippen molar-refractivity contribution in [3.05, 3.63) is 83.6 Å². The number of nitrogens with zero attached hydrogens (tertiary/aromatic N) is 1. The molecule has 0 aliphatic rings. The highest BCUT2D eigenvalue weighted by Gasteiger charge is 2.13. The van der Waals surface area contributed by atoms with Crippen molar-refractivity contribution >= 4 is 23.3 Å². The van der Waals surface area contributed by atoms with Crippen molar-refractivity contribution in [1.29, 1.82) is 0 Å². The van der Waals surface area contributed by atoms with E-state index in [0.29, 0.717) is 30.1 Å². The average molecular weight is 404 g/mol. The number of carbonyl (C=O) groups excluding carboxylic acids is 2. The number of carbonyl (C=O) groups is 2. The normalized spacial score (nSPS) is 10.2. The van der Waals surface area contributed by atoms with E-state index in [1.807, 2.05) is 37.3 Å². The summed E-state index contributed by atoms with van der Waals surface area (Å²) in [5, 5.41) is 8.64. The molecular formula is C23H24N4O3. The van der Waals surface area contributed by atoms with Gasteiger partial charge >= 0.3 is 0 Å². The number of rotatable bonds is 8. The van der Waals surface area contributed by atoms with Crippen molar-refractivity contribution in [3.8, 4) is 5.75 Å². The molecule has 0 bridgehead atoms. The standard InChI is InChI=1S/C23H24N4O3/c1-3-30-19-11-9-18(10-12-19)27-21-20(8-5-13-25-21)23(29)26-15-16-6-4-7-17(14-16)22(28)24-2/h4-14H,3,15H2,1-2H3,(H,24,28)(H,25,27)(H,26,29). The molecule has 0 aliphatic carbocycles. The first-order chi connectivity index (χ1) is 14.6. The minimum atomic E-state index is -0.262. The molecule has 3 aromatic rings. The van der Waals surface area contributed by atoms with Crippen molar-refractivity contribution < 1.29 is 14.3 Å². The van der Waals surface area contributed by atoms with Gasteiger partial charge in [-0.15, -0.1) is 0 Å². The van der Waals surface area contributed by atoms with Crippen LogP contribution in [0.1, 0.15) is 33.2 Å². The third-order valence-electron chi connectivity index (χ3n) is 4.35. The van der Waals surface area contributed by atoms with Gasteiger partial charge in [-0.05, 0) is 61.0 Å². The quantitative estimate of drug-likeness (QED) is 0.534. The maximum atomic E-state index is 12.8. The zero-order valence-electron chi connectivity index (χ0n) is 16.9. The van der Waals surface area contributed by atoms with Crippen LogP contribution in [0.25, 0.3) is 0 Å². The van der Waals surface area contributed by atoms with Gasteiger partial charge in [0.15, 0.2) is 0 Å². The molecule has 3 N–H and O–H groups in total. The lowest BCUT2D eigenvalue weighted by atomic mass is 10.1. The van der Waals surface area contributed by atoms with E-state index in [-0.39, 0.29) is 11.8 Å². The summed E-state index contributed by atoms with van der Waals surface area (Å²) in [5.74, 6) is 0.804. The third kappa shape index (κ3) is 5.35. The number of aromatic nitrogens is 1. The first-order valence-electron chi connectivity index (χ1n) is 9.65. The van der Waals surface area contributed by atoms with Crippen molar-refractivity contribution in [3.63, 3.8) is 0 Å². The Labute approximate surface area is 175 Å². The minimum Gasteiger partial charge on any atom is -0.494 e. The van der Waals surface area contributed by atoms with Crippen LogP contribution in [0.15, 0.2) is 66.9 Å². The predicted molar refractivity (Wildman–Crippen MR) is 116 cm³/mol. The Kier molecular flexibility index (Phi) is 7.00. The van der Waals surface area contributed by atoms with E-state index in [0.717, 1.165) is 17.0 Å². The van der Waals surface area contributed by atoms with Gasteiger partial charge in [-0.3, -0.25) is 9.59 Å². The third-order valence-corrected chi connectivity index (χ3v) is 4.35. The molecule has 3 rings (SSSR count). The Balaban J connectivity index is 1.69. The number of nitrogens with one attached hydrogen (secondary N) is 3. The van der Waals surface area contributed by atoms with Crippen LogP contribution in [0.3, 0.4) is 0 Å². The SMILES string of the molecule is CCOc1ccc(Nc2ncccc2C(=O)NCc2cccc(C(=O)NC)c2)cc1. The molecule has 30 heavy (non-hydrogen) atoms. The van der Waals surface area contributed by atoms with E-state index >= 15 is 0 Å². The van der Waals surface area contributed by atoms with Gasteiger partial charge in [0.2, 0.25) is 0 Å². The zero-order valence-corrected chi connectivity index (χ0v) is 16.9. The number of hydrogen-bond acceptors (Lipinski definition) is 5. The lowest BCUT2D eigenvalue weighted by Gasteiger charge is -2.12. The van der Waals surface area contributed by atoms with Gasteiger partial charge in [0.1, 0.15) is 11.6 Å². The second-order valence-electron chi connectivity index (χ2n) is 6.44. The van der Waals surface area contributed by atoms with Crippen LogP contribution in [-0.4, -0.2) is 30.5 Å². The maximum Gasteiger partial charge on any atom is 0.255 e. The van der Waals surface area contributed by atoms with Crippen molar-refractivity contribution in [2.24, 2.45) is 0 Å². The Bertz CT molecular complexity index is 1020. The molecule has 0 aliphatic heterocycles. The minimum absolute atomic E-state index is 0.169. The van der Waals surface area contributed by atoms with Crippen LogP contribution in [0.5, 0.6) is 5.75 Å². The Morgan fingerprint density at radius 2 is 1.80 bits per heavy atom. The first kappa shape index (κ1) is 20.9. The fourth-order valence-corrected chi connectivity index (χ4v) is 2.87. The fraction of sp³-hybridized carbons (Fsp3) is 0.174. The average Bonchev–Trinajstić information content (AvgIpc) is 2.79. The first-order valence-corrected chi connectivity index (χ1v) is 9.65. The molecule has 0 saturated heterocycles. The molecule has 0 radical (unpaired) electrons. The maximum absolute atomic E-state index is 12.8. The number of amides is 2. The van der Waals surface area contributed by atoms with Crippen molar-refractivity contribution in [2.75, 3.05) is 19.0 Å². The van der Waals surface area contributed by atoms with E-state index in [9.17, 15) is 9.59 Å². The highest BCUT2D eigenvalue weighted by molar-refractivity contribution is 5.99. The lowest BCUT2D eigenvalue weighted by Crippen LogP contribution is -2.24. The number of anilines is 2. The highest BCUT2D eigenvalue weighted by Crippen LogP contribution is 2.21. The number of hydrogen-bond donors (Lipinski definition) is 3. The summed E-state index contributed by atoms with van der Waals surface area (Å²) in [6.07, 6.45) is 1.63. The summed E-state index contributed by atoms with van der Waals surface area (Å²) in [6.45, 7) is 2.82. The second-order valence-corrected chi connectivity index (χ2v) is 6.44. The molecule has 1 heterocycles. The summed E-state index contributed by atoms with van der Waals surface area (Å²) in [6, 6.07) is 18.0. The fourth-order valence-electron chi connectivity index (χ4n) is 2.87. The molecule has 1 aromatic heterocycles. The molecular weight excluding hydrogens is 380 g/mol. The number of pyridine rings is 1. The molecule has 0 fully saturated rings. The van der Waals surface area contributed by atoms with Gasteiger partial charge in [0.25, 0.3) is 11.8 Å². The number of ether oxygens (including phenoxy) is 1. The molecule has 7 heteroatoms. The predicted octanol–water partition coefficient (Wildman–Crippen LogP) is 3.51. The summed E-state index contributed by atoms with van der Waals surface area (Å²) in [5.41, 5.74) is 2.59. The summed E-state index contributed by atoms with van der Waals surface area (Å²) >= 11 is 0. The van der Waals surface area contributed by atoms with Gasteiger partial charge in [-0.1, -0.05) is 12.1 Å². The van der Waals surface area contributed by atoms with Crippen molar-refractivity contribution in [2.45, 2.75) is 13.5 Å². The molecule has 0 spiro atoms. The van der Waals surface area contributed by atoms with E-state index in [2.05, 4.69) is 20.9 Å². The van der Waals surface area contributed by atoms with E-state index in [4.69, 9.17) is 4.74 Å². The smallest absolute Gasteiger partial charge is 0.255 e. The van der Waals surface area contributed by atoms with Crippen molar-refractivity contribution in [1.82, 2.24) is 15.6 Å². The van der Waals surface area contributed by atoms with Crippen LogP contribution < -0.4 is 20.7 Å². The molecule has 0 saturated carbocycles. The van der Waals surface area contributed by atoms with Gasteiger partial charge in [-0.25, -0.2) is 4.98 Å². The van der Waals surface area contributed by atoms with Gasteiger partial charge in [0.05, 0.1) is 12.2 Å². The van der Waals surface area contributed by atoms with E-state index in [1.165, 1.54) is 0 Å². The second kappa shape index (κ2) is 10.1. The van der Waals surface area contributed by atoms with Crippen LogP contribution in [0, 0.1) is 0 Å². The molecule has 0 unspecified atom stereocenters. The summed E-state index contributed by atoms with van der Waals surface area (Å²) in [4.78, 5) is 28.8. The van der Waals surface area contributed by atoms with Crippen LogP contribution in [-0.2, 0) is 6.54 Å². The van der Waals surface area contributed by atoms with Gasteiger partial charge < -0.3 is 20.7 Å². The van der Waals surface area contributed by atoms with Gasteiger partial charge in [0, 0.05) is 31.0 Å². The van der Waals surface area contributed by atoms with Crippen LogP contribution in [0.2, 0.25) is 0 Å². The number of benzene rings is 2. The zero-order chi connectivity index (χ0) is 21.3. The van der Waals surface area contributed by atoms with E-state index < -0.39 is 0 Å². The lowest BCUT2D eigenvalue weighted by molar-refractivity contribution is 0.0949. The summed E-state index contributed by atoms with van der Waals surface area (Å²) in [7, 11) is 1.58. The Morgan fingerprint density at radius 1 is 1.00 bits per heavy atom. The molecule has 154 valence electrons. The largest absolute Gasteiger partial charge is 0.494 e. The Morgan fingerprint density at radius 3 is 2.53 bits per heavy atom.